The van der Waals surface area contributed by atoms with Crippen LogP contribution in [0.4, 0.5) is 21.5 Å². The molecule has 0 bridgehead atoms. The lowest BCUT2D eigenvalue weighted by Gasteiger charge is -2.28. The van der Waals surface area contributed by atoms with Crippen molar-refractivity contribution in [3.63, 3.8) is 0 Å². The van der Waals surface area contributed by atoms with E-state index in [9.17, 15) is 19.2 Å². The Morgan fingerprint density at radius 2 is 0.965 bits per heavy atom. The number of aryl methyl sites for hydroxylation is 2. The van der Waals surface area contributed by atoms with Gasteiger partial charge in [-0.3, -0.25) is 30.2 Å². The Hall–Kier alpha value is -3.70. The smallest absolute Gasteiger partial charge is 0.321 e. The maximum absolute atomic E-state index is 12.7. The van der Waals surface area contributed by atoms with Gasteiger partial charge in [0, 0.05) is 36.6 Å². The first-order valence-electron chi connectivity index (χ1n) is 22.8. The molecule has 2 heterocycles. The monoisotopic (exact) mass is 797 g/mol. The highest BCUT2D eigenvalue weighted by Gasteiger charge is 2.22. The molecule has 12 nitrogen and oxygen atoms in total. The van der Waals surface area contributed by atoms with Crippen molar-refractivity contribution < 1.29 is 9.59 Å². The number of nitrogens with one attached hydrogen (secondary N) is 6. The minimum atomic E-state index is -0.415. The summed E-state index contributed by atoms with van der Waals surface area (Å²) in [5.41, 5.74) is 0.722. The van der Waals surface area contributed by atoms with Crippen molar-refractivity contribution in [2.75, 3.05) is 23.7 Å². The molecule has 6 N–H and O–H groups in total. The largest absolute Gasteiger partial charge is 0.338 e. The number of carbonyl (C=O) groups is 2. The molecule has 0 radical (unpaired) electrons. The van der Waals surface area contributed by atoms with E-state index in [0.717, 1.165) is 38.5 Å². The minimum absolute atomic E-state index is 0.110. The molecule has 1 atom stereocenters. The molecule has 0 fully saturated rings. The van der Waals surface area contributed by atoms with Gasteiger partial charge in [0.05, 0.1) is 0 Å². The molecule has 0 spiro atoms. The molecule has 2 aromatic heterocycles. The van der Waals surface area contributed by atoms with Gasteiger partial charge in [0.1, 0.15) is 0 Å². The first-order valence-corrected chi connectivity index (χ1v) is 22.8. The third-order valence-corrected chi connectivity index (χ3v) is 10.7. The highest BCUT2D eigenvalue weighted by molar-refractivity contribution is 5.87. The normalized spacial score (nSPS) is 12.0. The SMILES string of the molecule is CCCCCCCCCCCCCc1cc(=O)[nH]c(NC(=O)NCCC(C)(C)CC(C)CNC(=O)Nc2nc(CCCCCCCCCCCCC)cc(=O)[nH]2)n1. The molecule has 0 aliphatic heterocycles. The fraction of sp³-hybridized carbons (Fsp3) is 0.778. The van der Waals surface area contributed by atoms with Crippen molar-refractivity contribution in [1.29, 1.82) is 0 Å². The first kappa shape index (κ1) is 49.4. The molecule has 324 valence electrons. The Morgan fingerprint density at radius 1 is 0.596 bits per heavy atom. The second-order valence-electron chi connectivity index (χ2n) is 17.2. The fourth-order valence-corrected chi connectivity index (χ4v) is 7.53. The van der Waals surface area contributed by atoms with Gasteiger partial charge >= 0.3 is 12.1 Å². The summed E-state index contributed by atoms with van der Waals surface area (Å²) in [7, 11) is 0. The summed E-state index contributed by atoms with van der Waals surface area (Å²) in [6.07, 6.45) is 30.7. The van der Waals surface area contributed by atoms with Crippen LogP contribution in [0.25, 0.3) is 0 Å². The van der Waals surface area contributed by atoms with Crippen LogP contribution in [0.3, 0.4) is 0 Å². The second-order valence-corrected chi connectivity index (χ2v) is 17.2. The van der Waals surface area contributed by atoms with Crippen molar-refractivity contribution in [2.24, 2.45) is 11.3 Å². The number of hydrogen-bond acceptors (Lipinski definition) is 6. The van der Waals surface area contributed by atoms with Crippen molar-refractivity contribution in [2.45, 2.75) is 202 Å². The zero-order chi connectivity index (χ0) is 41.6. The molecule has 0 aliphatic carbocycles. The molecule has 0 saturated heterocycles. The van der Waals surface area contributed by atoms with E-state index in [4.69, 9.17) is 0 Å². The molecular weight excluding hydrogens is 717 g/mol. The first-order chi connectivity index (χ1) is 27.5. The van der Waals surface area contributed by atoms with Crippen LogP contribution in [0.1, 0.15) is 200 Å². The highest BCUT2D eigenvalue weighted by atomic mass is 16.2. The fourth-order valence-electron chi connectivity index (χ4n) is 7.53. The van der Waals surface area contributed by atoms with Gasteiger partial charge in [-0.15, -0.1) is 0 Å². The maximum Gasteiger partial charge on any atom is 0.321 e. The Bertz CT molecular complexity index is 1490. The number of aromatic nitrogens is 4. The molecule has 1 unspecified atom stereocenters. The Balaban J connectivity index is 1.62. The van der Waals surface area contributed by atoms with Gasteiger partial charge in [0.2, 0.25) is 11.9 Å². The van der Waals surface area contributed by atoms with E-state index in [1.807, 2.05) is 0 Å². The minimum Gasteiger partial charge on any atom is -0.338 e. The van der Waals surface area contributed by atoms with E-state index in [1.165, 1.54) is 128 Å². The van der Waals surface area contributed by atoms with Crippen molar-refractivity contribution in [3.8, 4) is 0 Å². The molecule has 12 heteroatoms. The van der Waals surface area contributed by atoms with E-state index >= 15 is 0 Å². The maximum atomic E-state index is 12.7. The third-order valence-electron chi connectivity index (χ3n) is 10.7. The van der Waals surface area contributed by atoms with Crippen LogP contribution in [-0.4, -0.2) is 45.1 Å². The molecule has 0 aliphatic rings. The Morgan fingerprint density at radius 3 is 1.37 bits per heavy atom. The molecule has 57 heavy (non-hydrogen) atoms. The van der Waals surface area contributed by atoms with Gasteiger partial charge < -0.3 is 10.6 Å². The molecule has 0 saturated carbocycles. The average Bonchev–Trinajstić information content (AvgIpc) is 3.14. The number of unbranched alkanes of at least 4 members (excludes halogenated alkanes) is 20. The number of amides is 4. The number of H-pyrrole nitrogens is 2. The van der Waals surface area contributed by atoms with Crippen LogP contribution in [0.2, 0.25) is 0 Å². The van der Waals surface area contributed by atoms with Crippen LogP contribution in [0.5, 0.6) is 0 Å². The van der Waals surface area contributed by atoms with E-state index in [2.05, 4.69) is 75.8 Å². The van der Waals surface area contributed by atoms with Crippen molar-refractivity contribution >= 4 is 24.0 Å². The van der Waals surface area contributed by atoms with Crippen molar-refractivity contribution in [3.05, 3.63) is 44.2 Å². The van der Waals surface area contributed by atoms with Gasteiger partial charge in [-0.05, 0) is 49.9 Å². The number of carbonyl (C=O) groups excluding carboxylic acids is 2. The summed E-state index contributed by atoms with van der Waals surface area (Å²) >= 11 is 0. The predicted molar refractivity (Wildman–Crippen MR) is 236 cm³/mol. The lowest BCUT2D eigenvalue weighted by molar-refractivity contribution is 0.232. The number of nitrogens with zero attached hydrogens (tertiary/aromatic N) is 2. The van der Waals surface area contributed by atoms with Gasteiger partial charge in [-0.2, -0.15) is 0 Å². The number of aromatic amines is 2. The Labute approximate surface area is 344 Å². The number of hydrogen-bond donors (Lipinski definition) is 6. The number of anilines is 2. The number of urea groups is 2. The van der Waals surface area contributed by atoms with E-state index in [-0.39, 0.29) is 34.3 Å². The number of rotatable bonds is 33. The zero-order valence-corrected chi connectivity index (χ0v) is 36.6. The summed E-state index contributed by atoms with van der Waals surface area (Å²) in [6, 6.07) is 2.19. The van der Waals surface area contributed by atoms with Crippen molar-refractivity contribution in [1.82, 2.24) is 30.6 Å². The lowest BCUT2D eigenvalue weighted by Crippen LogP contribution is -2.36. The zero-order valence-electron chi connectivity index (χ0n) is 36.6. The lowest BCUT2D eigenvalue weighted by atomic mass is 9.80. The predicted octanol–water partition coefficient (Wildman–Crippen LogP) is 10.9. The van der Waals surface area contributed by atoms with Crippen LogP contribution < -0.4 is 32.4 Å². The van der Waals surface area contributed by atoms with Gasteiger partial charge in [-0.1, -0.05) is 163 Å². The quantitative estimate of drug-likeness (QED) is 0.0392. The summed E-state index contributed by atoms with van der Waals surface area (Å²) in [5, 5.41) is 11.1. The Kier molecular flexibility index (Phi) is 26.4. The van der Waals surface area contributed by atoms with Crippen LogP contribution in [0, 0.1) is 11.3 Å². The highest BCUT2D eigenvalue weighted by Crippen LogP contribution is 2.28. The van der Waals surface area contributed by atoms with Gasteiger partial charge in [-0.25, -0.2) is 19.6 Å². The van der Waals surface area contributed by atoms with Gasteiger partial charge in [0.25, 0.3) is 11.1 Å². The average molecular weight is 797 g/mol. The van der Waals surface area contributed by atoms with E-state index in [1.54, 1.807) is 0 Å². The van der Waals surface area contributed by atoms with Crippen LogP contribution >= 0.6 is 0 Å². The molecular formula is C45H80N8O4. The van der Waals surface area contributed by atoms with E-state index < -0.39 is 12.1 Å². The van der Waals surface area contributed by atoms with Crippen LogP contribution in [0.15, 0.2) is 21.7 Å². The summed E-state index contributed by atoms with van der Waals surface area (Å²) < 4.78 is 0. The molecule has 2 rings (SSSR count). The third kappa shape index (κ3) is 26.0. The summed E-state index contributed by atoms with van der Waals surface area (Å²) in [4.78, 5) is 64.0. The second kappa shape index (κ2) is 30.4. The summed E-state index contributed by atoms with van der Waals surface area (Å²) in [5.74, 6) is 0.479. The van der Waals surface area contributed by atoms with Gasteiger partial charge in [0.15, 0.2) is 0 Å². The molecule has 0 aromatic carbocycles. The molecule has 2 aromatic rings. The standard InChI is InChI=1S/C45H80N8O4/c1-6-8-10-12-14-16-18-20-22-24-26-28-37-32-39(54)50-41(48-37)52-43(56)46-31-30-45(4,5)34-36(3)35-47-44(57)53-42-49-38(33-40(55)51-42)29-27-25-23-21-19-17-15-13-11-9-7-2/h32-33,36H,6-31,34-35H2,1-5H3,(H3,46,48,50,52,54,56)(H3,47,49,51,53,55,57). The summed E-state index contributed by atoms with van der Waals surface area (Å²) in [6.45, 7) is 11.7. The van der Waals surface area contributed by atoms with Crippen LogP contribution in [-0.2, 0) is 12.8 Å². The topological polar surface area (TPSA) is 174 Å². The molecule has 4 amide bonds. The van der Waals surface area contributed by atoms with E-state index in [0.29, 0.717) is 37.3 Å².